The van der Waals surface area contributed by atoms with Crippen molar-refractivity contribution in [3.05, 3.63) is 59.2 Å². The number of benzene rings is 2. The van der Waals surface area contributed by atoms with Crippen LogP contribution in [-0.4, -0.2) is 40.1 Å². The van der Waals surface area contributed by atoms with E-state index in [0.29, 0.717) is 30.4 Å². The zero-order valence-electron chi connectivity index (χ0n) is 16.1. The molecule has 0 aliphatic carbocycles. The van der Waals surface area contributed by atoms with Crippen molar-refractivity contribution in [2.45, 2.75) is 12.8 Å². The Kier molecular flexibility index (Phi) is 4.67. The molecule has 7 nitrogen and oxygen atoms in total. The van der Waals surface area contributed by atoms with Crippen LogP contribution < -0.4 is 10.2 Å². The minimum Gasteiger partial charge on any atom is -0.361 e. The maximum Gasteiger partial charge on any atom is 0.229 e. The lowest BCUT2D eigenvalue weighted by Gasteiger charge is -2.14. The summed E-state index contributed by atoms with van der Waals surface area (Å²) in [5.41, 5.74) is 2.98. The highest BCUT2D eigenvalue weighted by Crippen LogP contribution is 2.29. The van der Waals surface area contributed by atoms with Crippen molar-refractivity contribution < 1.29 is 9.59 Å². The Morgan fingerprint density at radius 1 is 1.20 bits per heavy atom. The summed E-state index contributed by atoms with van der Waals surface area (Å²) in [7, 11) is 0. The monoisotopic (exact) mass is 421 g/mol. The van der Waals surface area contributed by atoms with Gasteiger partial charge in [0.05, 0.1) is 11.4 Å². The third-order valence-electron chi connectivity index (χ3n) is 5.62. The molecule has 3 N–H and O–H groups in total. The van der Waals surface area contributed by atoms with Gasteiger partial charge >= 0.3 is 0 Å². The normalized spacial score (nSPS) is 16.6. The number of hydrogen-bond donors (Lipinski definition) is 3. The maximum absolute atomic E-state index is 12.7. The quantitative estimate of drug-likeness (QED) is 0.461. The molecule has 152 valence electrons. The third-order valence-corrected chi connectivity index (χ3v) is 5.86. The first-order valence-electron chi connectivity index (χ1n) is 9.87. The number of carbonyl (C=O) groups is 2. The topological polar surface area (TPSA) is 93.9 Å². The predicted molar refractivity (Wildman–Crippen MR) is 117 cm³/mol. The summed E-state index contributed by atoms with van der Waals surface area (Å²) in [6, 6.07) is 13.4. The summed E-state index contributed by atoms with van der Waals surface area (Å²) in [5.74, 6) is 0.00850. The Morgan fingerprint density at radius 2 is 2.07 bits per heavy atom. The van der Waals surface area contributed by atoms with Crippen molar-refractivity contribution in [1.82, 2.24) is 20.5 Å². The fourth-order valence-corrected chi connectivity index (χ4v) is 4.24. The van der Waals surface area contributed by atoms with E-state index in [9.17, 15) is 9.59 Å². The molecule has 1 fully saturated rings. The van der Waals surface area contributed by atoms with E-state index in [4.69, 9.17) is 11.6 Å². The Bertz CT molecular complexity index is 1260. The molecule has 0 saturated carbocycles. The number of hydrogen-bond acceptors (Lipinski definition) is 3. The number of nitrogens with zero attached hydrogens (tertiary/aromatic N) is 2. The lowest BCUT2D eigenvalue weighted by molar-refractivity contribution is -0.126. The molecule has 0 bridgehead atoms. The van der Waals surface area contributed by atoms with Gasteiger partial charge in [0, 0.05) is 47.0 Å². The van der Waals surface area contributed by atoms with Gasteiger partial charge in [-0.3, -0.25) is 19.6 Å². The first-order chi connectivity index (χ1) is 14.6. The molecule has 8 heteroatoms. The molecular weight excluding hydrogens is 402 g/mol. The highest BCUT2D eigenvalue weighted by molar-refractivity contribution is 6.31. The first-order valence-corrected chi connectivity index (χ1v) is 10.2. The second-order valence-electron chi connectivity index (χ2n) is 7.54. The molecule has 1 aliphatic heterocycles. The second-order valence-corrected chi connectivity index (χ2v) is 7.98. The molecule has 4 aromatic rings. The van der Waals surface area contributed by atoms with Crippen LogP contribution in [0.3, 0.4) is 0 Å². The van der Waals surface area contributed by atoms with Crippen molar-refractivity contribution >= 4 is 51.0 Å². The Labute approximate surface area is 177 Å². The van der Waals surface area contributed by atoms with Crippen molar-refractivity contribution in [1.29, 1.82) is 0 Å². The highest BCUT2D eigenvalue weighted by Gasteiger charge is 2.36. The maximum atomic E-state index is 12.7. The van der Waals surface area contributed by atoms with E-state index in [1.165, 1.54) is 0 Å². The van der Waals surface area contributed by atoms with Gasteiger partial charge in [0.1, 0.15) is 0 Å². The summed E-state index contributed by atoms with van der Waals surface area (Å²) in [6.45, 7) is 0.830. The Balaban J connectivity index is 1.23. The summed E-state index contributed by atoms with van der Waals surface area (Å²) >= 11 is 6.10. The number of H-pyrrole nitrogens is 2. The van der Waals surface area contributed by atoms with Crippen LogP contribution in [0, 0.1) is 5.92 Å². The second kappa shape index (κ2) is 7.50. The largest absolute Gasteiger partial charge is 0.361 e. The number of fused-ring (bicyclic) bond motifs is 2. The molecule has 2 amide bonds. The zero-order valence-corrected chi connectivity index (χ0v) is 16.9. The van der Waals surface area contributed by atoms with Gasteiger partial charge in [-0.1, -0.05) is 23.7 Å². The molecule has 3 heterocycles. The van der Waals surface area contributed by atoms with Gasteiger partial charge in [-0.15, -0.1) is 0 Å². The molecule has 1 aliphatic rings. The number of aromatic amines is 2. The van der Waals surface area contributed by atoms with Gasteiger partial charge in [-0.2, -0.15) is 5.10 Å². The molecule has 2 aromatic heterocycles. The molecule has 5 rings (SSSR count). The van der Waals surface area contributed by atoms with Crippen LogP contribution in [-0.2, 0) is 16.0 Å². The molecule has 30 heavy (non-hydrogen) atoms. The summed E-state index contributed by atoms with van der Waals surface area (Å²) in [6.07, 6.45) is 2.81. The average molecular weight is 422 g/mol. The number of nitrogens with one attached hydrogen (secondary N) is 3. The molecule has 2 aromatic carbocycles. The number of para-hydroxylation sites is 1. The van der Waals surface area contributed by atoms with Crippen molar-refractivity contribution in [2.75, 3.05) is 18.0 Å². The zero-order chi connectivity index (χ0) is 20.7. The van der Waals surface area contributed by atoms with E-state index in [-0.39, 0.29) is 24.2 Å². The van der Waals surface area contributed by atoms with Gasteiger partial charge in [0.25, 0.3) is 0 Å². The van der Waals surface area contributed by atoms with Crippen LogP contribution in [0.25, 0.3) is 21.8 Å². The molecular formula is C22H20ClN5O2. The molecule has 1 saturated heterocycles. The molecule has 0 radical (unpaired) electrons. The minimum absolute atomic E-state index is 0.0846. The number of carbonyl (C=O) groups excluding carboxylic acids is 2. The van der Waals surface area contributed by atoms with Crippen LogP contribution in [0.5, 0.6) is 0 Å². The van der Waals surface area contributed by atoms with Crippen molar-refractivity contribution in [3.63, 3.8) is 0 Å². The third kappa shape index (κ3) is 3.31. The lowest BCUT2D eigenvalue weighted by atomic mass is 10.1. The van der Waals surface area contributed by atoms with Crippen LogP contribution in [0.1, 0.15) is 12.0 Å². The minimum atomic E-state index is -0.384. The number of amides is 2. The Morgan fingerprint density at radius 3 is 2.97 bits per heavy atom. The van der Waals surface area contributed by atoms with Gasteiger partial charge in [0.2, 0.25) is 11.8 Å². The van der Waals surface area contributed by atoms with Gasteiger partial charge < -0.3 is 10.3 Å². The van der Waals surface area contributed by atoms with E-state index >= 15 is 0 Å². The number of halogens is 1. The standard InChI is InChI=1S/C22H20ClN5O2/c23-15-5-6-18-17(10-15)13(11-25-18)7-8-24-22(30)14-9-20(29)28(12-14)21-16-3-1-2-4-19(16)26-27-21/h1-6,10-11,14,25H,7-9,12H2,(H,24,30)(H,26,27)/t14-/m1/s1. The van der Waals surface area contributed by atoms with Gasteiger partial charge in [-0.25, -0.2) is 0 Å². The Hall–Kier alpha value is -3.32. The molecule has 0 spiro atoms. The smallest absolute Gasteiger partial charge is 0.229 e. The lowest BCUT2D eigenvalue weighted by Crippen LogP contribution is -2.34. The highest BCUT2D eigenvalue weighted by atomic mass is 35.5. The van der Waals surface area contributed by atoms with Gasteiger partial charge in [-0.05, 0) is 42.3 Å². The van der Waals surface area contributed by atoms with E-state index in [1.54, 1.807) is 4.90 Å². The number of rotatable bonds is 5. The summed E-state index contributed by atoms with van der Waals surface area (Å²) in [4.78, 5) is 30.0. The average Bonchev–Trinajstić information content (AvgIpc) is 3.44. The number of aromatic nitrogens is 3. The molecule has 1 atom stereocenters. The van der Waals surface area contributed by atoms with Gasteiger partial charge in [0.15, 0.2) is 5.82 Å². The SMILES string of the molecule is O=C(NCCc1c[nH]c2ccc(Cl)cc12)[C@@H]1CC(=O)N(c2n[nH]c3ccccc23)C1. The number of anilines is 1. The molecule has 0 unspecified atom stereocenters. The van der Waals surface area contributed by atoms with E-state index in [1.807, 2.05) is 48.7 Å². The van der Waals surface area contributed by atoms with Crippen molar-refractivity contribution in [3.8, 4) is 0 Å². The summed E-state index contributed by atoms with van der Waals surface area (Å²) in [5, 5.41) is 12.8. The summed E-state index contributed by atoms with van der Waals surface area (Å²) < 4.78 is 0. The van der Waals surface area contributed by atoms with Crippen LogP contribution in [0.2, 0.25) is 5.02 Å². The van der Waals surface area contributed by atoms with Crippen LogP contribution >= 0.6 is 11.6 Å². The predicted octanol–water partition coefficient (Wildman–Crippen LogP) is 3.41. The van der Waals surface area contributed by atoms with Crippen molar-refractivity contribution in [2.24, 2.45) is 5.92 Å². The first kappa shape index (κ1) is 18.7. The van der Waals surface area contributed by atoms with E-state index in [0.717, 1.165) is 27.4 Å². The van der Waals surface area contributed by atoms with E-state index in [2.05, 4.69) is 20.5 Å². The van der Waals surface area contributed by atoms with Crippen LogP contribution in [0.15, 0.2) is 48.7 Å². The van der Waals surface area contributed by atoms with Crippen LogP contribution in [0.4, 0.5) is 5.82 Å². The fraction of sp³-hybridized carbons (Fsp3) is 0.227. The fourth-order valence-electron chi connectivity index (χ4n) is 4.06. The van der Waals surface area contributed by atoms with E-state index < -0.39 is 0 Å².